The summed E-state index contributed by atoms with van der Waals surface area (Å²) in [6.45, 7) is 11.4. The molecular weight excluding hydrogens is 244 g/mol. The van der Waals surface area contributed by atoms with E-state index in [1.165, 1.54) is 10.7 Å². The number of aliphatic hydroxyl groups is 1. The summed E-state index contributed by atoms with van der Waals surface area (Å²) in [5.74, 6) is 0.433. The number of β-amino-alcohol motifs (C(OH)–C–C–N with tert-alkyl or cyclic N) is 1. The molecule has 0 saturated carbocycles. The number of hydrogen-bond donors (Lipinski definition) is 1. The molecule has 1 aromatic rings. The van der Waals surface area contributed by atoms with Gasteiger partial charge in [0.2, 0.25) is 0 Å². The second-order valence-electron chi connectivity index (χ2n) is 6.44. The van der Waals surface area contributed by atoms with Crippen molar-refractivity contribution in [2.75, 3.05) is 13.1 Å². The van der Waals surface area contributed by atoms with Crippen LogP contribution < -0.4 is 0 Å². The monoisotopic (exact) mass is 268 g/mol. The minimum absolute atomic E-state index is 0.130. The zero-order valence-corrected chi connectivity index (χ0v) is 12.6. The molecule has 2 heterocycles. The Morgan fingerprint density at radius 3 is 2.78 bits per heavy atom. The van der Waals surface area contributed by atoms with Gasteiger partial charge in [-0.2, -0.15) is 0 Å². The summed E-state index contributed by atoms with van der Waals surface area (Å²) in [5, 5.41) is 13.2. The first kappa shape index (κ1) is 14.0. The van der Waals surface area contributed by atoms with Gasteiger partial charge in [-0.05, 0) is 18.9 Å². The van der Waals surface area contributed by atoms with Crippen LogP contribution in [0.15, 0.2) is 5.38 Å². The molecule has 1 N–H and O–H groups in total. The maximum absolute atomic E-state index is 9.90. The topological polar surface area (TPSA) is 36.4 Å². The van der Waals surface area contributed by atoms with Crippen LogP contribution in [-0.4, -0.2) is 34.2 Å². The Balaban J connectivity index is 1.96. The van der Waals surface area contributed by atoms with Gasteiger partial charge in [0.1, 0.15) is 5.01 Å². The van der Waals surface area contributed by atoms with E-state index in [0.717, 1.165) is 26.1 Å². The largest absolute Gasteiger partial charge is 0.392 e. The third-order valence-electron chi connectivity index (χ3n) is 3.68. The van der Waals surface area contributed by atoms with Crippen LogP contribution in [0.5, 0.6) is 0 Å². The van der Waals surface area contributed by atoms with Crippen LogP contribution >= 0.6 is 11.3 Å². The number of hydrogen-bond acceptors (Lipinski definition) is 4. The predicted molar refractivity (Wildman–Crippen MR) is 75.9 cm³/mol. The number of aliphatic hydroxyl groups excluding tert-OH is 1. The predicted octanol–water partition coefficient (Wildman–Crippen LogP) is 2.64. The van der Waals surface area contributed by atoms with Crippen molar-refractivity contribution >= 4 is 11.3 Å². The standard InChI is InChI=1S/C14H24N2OS/c1-10-5-6-16(7-11(10)17)8-13-15-12(9-18-13)14(2,3)4/h9-11,17H,5-8H2,1-4H3. The Bertz CT molecular complexity index is 397. The number of thiazole rings is 1. The first-order chi connectivity index (χ1) is 8.36. The van der Waals surface area contributed by atoms with Gasteiger partial charge in [0.05, 0.1) is 18.3 Å². The fourth-order valence-electron chi connectivity index (χ4n) is 2.18. The first-order valence-electron chi connectivity index (χ1n) is 6.71. The third-order valence-corrected chi connectivity index (χ3v) is 4.52. The molecule has 3 nitrogen and oxygen atoms in total. The van der Waals surface area contributed by atoms with E-state index >= 15 is 0 Å². The third kappa shape index (κ3) is 3.31. The van der Waals surface area contributed by atoms with E-state index in [2.05, 4.69) is 38.0 Å². The van der Waals surface area contributed by atoms with Crippen molar-refractivity contribution < 1.29 is 5.11 Å². The molecule has 2 rings (SSSR count). The van der Waals surface area contributed by atoms with Gasteiger partial charge in [-0.15, -0.1) is 11.3 Å². The second-order valence-corrected chi connectivity index (χ2v) is 7.39. The molecule has 0 radical (unpaired) electrons. The molecule has 0 amide bonds. The minimum Gasteiger partial charge on any atom is -0.392 e. The molecule has 2 atom stereocenters. The molecule has 1 fully saturated rings. The summed E-state index contributed by atoms with van der Waals surface area (Å²) < 4.78 is 0. The van der Waals surface area contributed by atoms with Crippen LogP contribution in [0.3, 0.4) is 0 Å². The highest BCUT2D eigenvalue weighted by molar-refractivity contribution is 7.09. The number of aromatic nitrogens is 1. The SMILES string of the molecule is CC1CCN(Cc2nc(C(C)(C)C)cs2)CC1O. The molecule has 1 aromatic heterocycles. The minimum atomic E-state index is -0.180. The molecule has 18 heavy (non-hydrogen) atoms. The molecule has 0 aromatic carbocycles. The summed E-state index contributed by atoms with van der Waals surface area (Å²) in [5.41, 5.74) is 1.30. The summed E-state index contributed by atoms with van der Waals surface area (Å²) in [6.07, 6.45) is 0.902. The highest BCUT2D eigenvalue weighted by Crippen LogP contribution is 2.25. The molecular formula is C14H24N2OS. The fourth-order valence-corrected chi connectivity index (χ4v) is 3.24. The van der Waals surface area contributed by atoms with E-state index in [-0.39, 0.29) is 11.5 Å². The molecule has 102 valence electrons. The van der Waals surface area contributed by atoms with Gasteiger partial charge in [0, 0.05) is 17.3 Å². The summed E-state index contributed by atoms with van der Waals surface area (Å²) >= 11 is 1.74. The van der Waals surface area contributed by atoms with Crippen molar-refractivity contribution in [2.24, 2.45) is 5.92 Å². The Labute approximate surface area is 114 Å². The average molecular weight is 268 g/mol. The van der Waals surface area contributed by atoms with Crippen molar-refractivity contribution in [1.82, 2.24) is 9.88 Å². The van der Waals surface area contributed by atoms with Gasteiger partial charge in [-0.1, -0.05) is 27.7 Å². The molecule has 2 unspecified atom stereocenters. The van der Waals surface area contributed by atoms with Gasteiger partial charge >= 0.3 is 0 Å². The smallest absolute Gasteiger partial charge is 0.107 e. The van der Waals surface area contributed by atoms with Crippen LogP contribution in [0.2, 0.25) is 0 Å². The molecule has 0 spiro atoms. The van der Waals surface area contributed by atoms with E-state index in [0.29, 0.717) is 5.92 Å². The van der Waals surface area contributed by atoms with Gasteiger partial charge < -0.3 is 5.11 Å². The quantitative estimate of drug-likeness (QED) is 0.896. The maximum atomic E-state index is 9.90. The Hall–Kier alpha value is -0.450. The number of piperidine rings is 1. The zero-order chi connectivity index (χ0) is 13.3. The molecule has 1 aliphatic heterocycles. The highest BCUT2D eigenvalue weighted by atomic mass is 32.1. The highest BCUT2D eigenvalue weighted by Gasteiger charge is 2.25. The van der Waals surface area contributed by atoms with Crippen LogP contribution in [-0.2, 0) is 12.0 Å². The molecule has 1 saturated heterocycles. The number of nitrogens with zero attached hydrogens (tertiary/aromatic N) is 2. The zero-order valence-electron chi connectivity index (χ0n) is 11.8. The van der Waals surface area contributed by atoms with Gasteiger partial charge in [-0.25, -0.2) is 4.98 Å². The lowest BCUT2D eigenvalue weighted by Gasteiger charge is -2.33. The van der Waals surface area contributed by atoms with Gasteiger partial charge in [0.25, 0.3) is 0 Å². The van der Waals surface area contributed by atoms with Crippen LogP contribution in [0.25, 0.3) is 0 Å². The van der Waals surface area contributed by atoms with Gasteiger partial charge in [-0.3, -0.25) is 4.90 Å². The number of likely N-dealkylation sites (tertiary alicyclic amines) is 1. The molecule has 1 aliphatic rings. The van der Waals surface area contributed by atoms with Crippen molar-refractivity contribution in [2.45, 2.75) is 52.2 Å². The normalized spacial score (nSPS) is 26.5. The first-order valence-corrected chi connectivity index (χ1v) is 7.59. The Morgan fingerprint density at radius 1 is 1.50 bits per heavy atom. The molecule has 4 heteroatoms. The average Bonchev–Trinajstić information content (AvgIpc) is 2.72. The summed E-state index contributed by atoms with van der Waals surface area (Å²) in [4.78, 5) is 7.03. The van der Waals surface area contributed by atoms with Crippen LogP contribution in [0, 0.1) is 5.92 Å². The van der Waals surface area contributed by atoms with Crippen LogP contribution in [0.1, 0.15) is 44.8 Å². The summed E-state index contributed by atoms with van der Waals surface area (Å²) in [7, 11) is 0. The van der Waals surface area contributed by atoms with Crippen molar-refractivity contribution in [3.8, 4) is 0 Å². The van der Waals surface area contributed by atoms with Crippen LogP contribution in [0.4, 0.5) is 0 Å². The molecule has 0 aliphatic carbocycles. The van der Waals surface area contributed by atoms with Gasteiger partial charge in [0.15, 0.2) is 0 Å². The van der Waals surface area contributed by atoms with Crippen molar-refractivity contribution in [1.29, 1.82) is 0 Å². The second kappa shape index (κ2) is 5.27. The Kier molecular flexibility index (Phi) is 4.09. The number of rotatable bonds is 2. The van der Waals surface area contributed by atoms with E-state index in [1.54, 1.807) is 11.3 Å². The molecule has 0 bridgehead atoms. The van der Waals surface area contributed by atoms with E-state index < -0.39 is 0 Å². The summed E-state index contributed by atoms with van der Waals surface area (Å²) in [6, 6.07) is 0. The van der Waals surface area contributed by atoms with E-state index in [9.17, 15) is 5.11 Å². The van der Waals surface area contributed by atoms with Crippen molar-refractivity contribution in [3.63, 3.8) is 0 Å². The lowest BCUT2D eigenvalue weighted by Crippen LogP contribution is -2.42. The lowest BCUT2D eigenvalue weighted by atomic mass is 9.93. The van der Waals surface area contributed by atoms with Crippen molar-refractivity contribution in [3.05, 3.63) is 16.1 Å². The maximum Gasteiger partial charge on any atom is 0.107 e. The lowest BCUT2D eigenvalue weighted by molar-refractivity contribution is 0.0258. The van der Waals surface area contributed by atoms with E-state index in [1.807, 2.05) is 0 Å². The van der Waals surface area contributed by atoms with E-state index in [4.69, 9.17) is 4.98 Å². The fraction of sp³-hybridized carbons (Fsp3) is 0.786. The Morgan fingerprint density at radius 2 is 2.22 bits per heavy atom.